The van der Waals surface area contributed by atoms with Gasteiger partial charge < -0.3 is 10.6 Å². The molecular weight excluding hydrogens is 400 g/mol. The van der Waals surface area contributed by atoms with Crippen LogP contribution < -0.4 is 15.8 Å². The molecule has 2 aromatic carbocycles. The fourth-order valence-electron chi connectivity index (χ4n) is 2.44. The normalized spacial score (nSPS) is 18.1. The van der Waals surface area contributed by atoms with Gasteiger partial charge in [-0.05, 0) is 43.3 Å². The topological polar surface area (TPSA) is 131 Å². The highest BCUT2D eigenvalue weighted by Gasteiger charge is 2.32. The number of carbonyl (C=O) groups is 2. The summed E-state index contributed by atoms with van der Waals surface area (Å²) in [5, 5.41) is 10.2. The number of hydrogen-bond acceptors (Lipinski definition) is 6. The standard InChI is InChI=1S/C18H18N4O4S2/c1-11-2-4-12(5-3-11)20-16(23)10-15-17(24)22-18(27-15)21-13-6-8-14(9-7-13)28(19,25)26/h2-9,15H,10H2,1H3,(H,20,23)(H2,19,25,26)(H,21,22,24). The van der Waals surface area contributed by atoms with E-state index in [1.807, 2.05) is 19.1 Å². The molecule has 0 bridgehead atoms. The molecule has 0 saturated carbocycles. The van der Waals surface area contributed by atoms with Crippen molar-refractivity contribution in [1.29, 1.82) is 0 Å². The van der Waals surface area contributed by atoms with Crippen molar-refractivity contribution in [2.24, 2.45) is 10.1 Å². The van der Waals surface area contributed by atoms with Crippen LogP contribution in [0.1, 0.15) is 12.0 Å². The van der Waals surface area contributed by atoms with Gasteiger partial charge in [-0.2, -0.15) is 0 Å². The minimum Gasteiger partial charge on any atom is -0.326 e. The summed E-state index contributed by atoms with van der Waals surface area (Å²) >= 11 is 1.15. The number of carbonyl (C=O) groups excluding carboxylic acids is 2. The van der Waals surface area contributed by atoms with Gasteiger partial charge in [-0.15, -0.1) is 0 Å². The van der Waals surface area contributed by atoms with Gasteiger partial charge in [-0.1, -0.05) is 29.5 Å². The third kappa shape index (κ3) is 5.18. The lowest BCUT2D eigenvalue weighted by molar-refractivity contribution is -0.122. The zero-order valence-electron chi connectivity index (χ0n) is 14.9. The highest BCUT2D eigenvalue weighted by Crippen LogP contribution is 2.26. The van der Waals surface area contributed by atoms with E-state index >= 15 is 0 Å². The molecule has 1 aliphatic rings. The summed E-state index contributed by atoms with van der Waals surface area (Å²) in [5.41, 5.74) is 2.21. The number of nitrogens with two attached hydrogens (primary N) is 1. The Morgan fingerprint density at radius 3 is 2.43 bits per heavy atom. The van der Waals surface area contributed by atoms with E-state index in [4.69, 9.17) is 5.14 Å². The molecule has 0 radical (unpaired) electrons. The van der Waals surface area contributed by atoms with Gasteiger partial charge in [0.15, 0.2) is 5.17 Å². The maximum Gasteiger partial charge on any atom is 0.240 e. The maximum atomic E-state index is 12.2. The average Bonchev–Trinajstić information content (AvgIpc) is 2.95. The number of nitrogens with zero attached hydrogens (tertiary/aromatic N) is 1. The first-order chi connectivity index (χ1) is 13.2. The van der Waals surface area contributed by atoms with Crippen molar-refractivity contribution < 1.29 is 18.0 Å². The van der Waals surface area contributed by atoms with Crippen LogP contribution in [0.15, 0.2) is 58.4 Å². The van der Waals surface area contributed by atoms with Gasteiger partial charge in [0.2, 0.25) is 21.8 Å². The molecule has 146 valence electrons. The number of anilines is 1. The largest absolute Gasteiger partial charge is 0.326 e. The van der Waals surface area contributed by atoms with Crippen LogP contribution in [-0.4, -0.2) is 30.6 Å². The van der Waals surface area contributed by atoms with Gasteiger partial charge in [0.1, 0.15) is 5.25 Å². The fraction of sp³-hybridized carbons (Fsp3) is 0.167. The van der Waals surface area contributed by atoms with E-state index in [1.165, 1.54) is 24.3 Å². The molecule has 0 aromatic heterocycles. The van der Waals surface area contributed by atoms with Crippen LogP contribution in [0.2, 0.25) is 0 Å². The molecule has 0 spiro atoms. The lowest BCUT2D eigenvalue weighted by Crippen LogP contribution is -2.28. The van der Waals surface area contributed by atoms with Gasteiger partial charge in [-0.25, -0.2) is 18.5 Å². The second-order valence-electron chi connectivity index (χ2n) is 6.17. The molecule has 1 fully saturated rings. The van der Waals surface area contributed by atoms with E-state index < -0.39 is 15.3 Å². The number of primary sulfonamides is 1. The summed E-state index contributed by atoms with van der Waals surface area (Å²) in [6.45, 7) is 1.95. The predicted molar refractivity (Wildman–Crippen MR) is 109 cm³/mol. The number of benzene rings is 2. The van der Waals surface area contributed by atoms with E-state index in [9.17, 15) is 18.0 Å². The molecule has 3 rings (SSSR count). The Bertz CT molecular complexity index is 1030. The quantitative estimate of drug-likeness (QED) is 0.682. The minimum atomic E-state index is -3.77. The van der Waals surface area contributed by atoms with E-state index in [1.54, 1.807) is 12.1 Å². The van der Waals surface area contributed by atoms with Crippen LogP contribution in [0.25, 0.3) is 0 Å². The molecule has 28 heavy (non-hydrogen) atoms. The third-order valence-corrected chi connectivity index (χ3v) is 5.89. The monoisotopic (exact) mass is 418 g/mol. The van der Waals surface area contributed by atoms with E-state index in [0.29, 0.717) is 16.5 Å². The van der Waals surface area contributed by atoms with Crippen LogP contribution in [-0.2, 0) is 19.6 Å². The van der Waals surface area contributed by atoms with Crippen molar-refractivity contribution in [3.63, 3.8) is 0 Å². The van der Waals surface area contributed by atoms with Crippen LogP contribution >= 0.6 is 11.8 Å². The molecule has 1 aliphatic heterocycles. The van der Waals surface area contributed by atoms with Crippen LogP contribution in [0, 0.1) is 6.92 Å². The fourth-order valence-corrected chi connectivity index (χ4v) is 3.94. The van der Waals surface area contributed by atoms with Gasteiger partial charge in [0.05, 0.1) is 10.6 Å². The van der Waals surface area contributed by atoms with Crippen molar-refractivity contribution in [3.05, 3.63) is 54.1 Å². The zero-order chi connectivity index (χ0) is 20.3. The Kier molecular flexibility index (Phi) is 5.82. The van der Waals surface area contributed by atoms with Crippen molar-refractivity contribution in [2.75, 3.05) is 5.32 Å². The average molecular weight is 419 g/mol. The van der Waals surface area contributed by atoms with Gasteiger partial charge in [0, 0.05) is 12.1 Å². The highest BCUT2D eigenvalue weighted by atomic mass is 32.2. The Morgan fingerprint density at radius 2 is 1.82 bits per heavy atom. The number of aryl methyl sites for hydroxylation is 1. The molecule has 1 heterocycles. The molecule has 8 nitrogen and oxygen atoms in total. The number of sulfonamides is 1. The van der Waals surface area contributed by atoms with Crippen molar-refractivity contribution in [3.8, 4) is 0 Å². The van der Waals surface area contributed by atoms with E-state index in [-0.39, 0.29) is 23.1 Å². The summed E-state index contributed by atoms with van der Waals surface area (Å²) in [5.74, 6) is -0.570. The lowest BCUT2D eigenvalue weighted by Gasteiger charge is -2.07. The second kappa shape index (κ2) is 8.13. The van der Waals surface area contributed by atoms with Crippen molar-refractivity contribution in [1.82, 2.24) is 5.32 Å². The summed E-state index contributed by atoms with van der Waals surface area (Å²) in [4.78, 5) is 28.5. The molecule has 10 heteroatoms. The van der Waals surface area contributed by atoms with E-state index in [2.05, 4.69) is 15.6 Å². The van der Waals surface area contributed by atoms with Crippen molar-refractivity contribution >= 4 is 50.1 Å². The molecule has 2 amide bonds. The van der Waals surface area contributed by atoms with Crippen LogP contribution in [0.3, 0.4) is 0 Å². The number of hydrogen-bond donors (Lipinski definition) is 3. The number of rotatable bonds is 5. The SMILES string of the molecule is Cc1ccc(NC(=O)CC2SC(=Nc3ccc(S(N)(=O)=O)cc3)NC2=O)cc1. The number of nitrogens with one attached hydrogen (secondary N) is 2. The summed E-state index contributed by atoms with van der Waals surface area (Å²) in [6, 6.07) is 13.0. The smallest absolute Gasteiger partial charge is 0.240 e. The number of aliphatic imine (C=N–C) groups is 1. The molecule has 1 unspecified atom stereocenters. The van der Waals surface area contributed by atoms with Gasteiger partial charge in [-0.3, -0.25) is 9.59 Å². The maximum absolute atomic E-state index is 12.2. The summed E-state index contributed by atoms with van der Waals surface area (Å²) in [7, 11) is -3.77. The minimum absolute atomic E-state index is 0.00769. The Morgan fingerprint density at radius 1 is 1.18 bits per heavy atom. The first-order valence-corrected chi connectivity index (χ1v) is 10.7. The Labute approximate surface area is 166 Å². The molecule has 2 aromatic rings. The molecule has 1 saturated heterocycles. The van der Waals surface area contributed by atoms with E-state index in [0.717, 1.165) is 17.3 Å². The second-order valence-corrected chi connectivity index (χ2v) is 8.92. The highest BCUT2D eigenvalue weighted by molar-refractivity contribution is 8.15. The number of amidine groups is 1. The Hall–Kier alpha value is -2.69. The molecule has 4 N–H and O–H groups in total. The predicted octanol–water partition coefficient (Wildman–Crippen LogP) is 1.89. The number of amides is 2. The summed E-state index contributed by atoms with van der Waals surface area (Å²) < 4.78 is 22.5. The molecular formula is C18H18N4O4S2. The zero-order valence-corrected chi connectivity index (χ0v) is 16.5. The number of thioether (sulfide) groups is 1. The summed E-state index contributed by atoms with van der Waals surface area (Å²) in [6.07, 6.45) is 0.00769. The van der Waals surface area contributed by atoms with Crippen molar-refractivity contribution in [2.45, 2.75) is 23.5 Å². The molecule has 0 aliphatic carbocycles. The van der Waals surface area contributed by atoms with Gasteiger partial charge in [0.25, 0.3) is 0 Å². The first kappa shape index (κ1) is 20.1. The molecule has 1 atom stereocenters. The first-order valence-electron chi connectivity index (χ1n) is 8.26. The van der Waals surface area contributed by atoms with Crippen LogP contribution in [0.5, 0.6) is 0 Å². The van der Waals surface area contributed by atoms with Gasteiger partial charge >= 0.3 is 0 Å². The Balaban J connectivity index is 1.62. The third-order valence-electron chi connectivity index (χ3n) is 3.88. The van der Waals surface area contributed by atoms with Crippen LogP contribution in [0.4, 0.5) is 11.4 Å². The lowest BCUT2D eigenvalue weighted by atomic mass is 10.2.